The number of benzene rings is 2. The molecule has 0 aliphatic heterocycles. The lowest BCUT2D eigenvalue weighted by atomic mass is 10.1. The second kappa shape index (κ2) is 6.18. The highest BCUT2D eigenvalue weighted by Gasteiger charge is 2.19. The Morgan fingerprint density at radius 2 is 2.04 bits per heavy atom. The van der Waals surface area contributed by atoms with Crippen LogP contribution in [0.5, 0.6) is 0 Å². The first kappa shape index (κ1) is 16.4. The van der Waals surface area contributed by atoms with E-state index in [0.717, 1.165) is 11.3 Å². The van der Waals surface area contributed by atoms with Crippen molar-refractivity contribution in [3.63, 3.8) is 0 Å². The number of nitrogens with zero attached hydrogens (tertiary/aromatic N) is 1. The number of aryl methyl sites for hydroxylation is 1. The van der Waals surface area contributed by atoms with E-state index in [2.05, 4.69) is 5.32 Å². The van der Waals surface area contributed by atoms with Crippen molar-refractivity contribution in [1.29, 1.82) is 0 Å². The molecule has 0 bridgehead atoms. The molecule has 1 aromatic heterocycles. The van der Waals surface area contributed by atoms with Gasteiger partial charge in [0.05, 0.1) is 9.95 Å². The molecule has 0 radical (unpaired) electrons. The molecule has 3 rings (SSSR count). The van der Waals surface area contributed by atoms with Crippen LogP contribution in [0, 0.1) is 22.9 Å². The van der Waals surface area contributed by atoms with Crippen LogP contribution in [0.25, 0.3) is 10.1 Å². The van der Waals surface area contributed by atoms with Gasteiger partial charge in [-0.2, -0.15) is 0 Å². The molecule has 2 aromatic carbocycles. The van der Waals surface area contributed by atoms with Crippen molar-refractivity contribution in [3.05, 3.63) is 67.8 Å². The van der Waals surface area contributed by atoms with Gasteiger partial charge in [0.2, 0.25) is 0 Å². The Bertz CT molecular complexity index is 987. The minimum atomic E-state index is -0.504. The van der Waals surface area contributed by atoms with E-state index in [1.807, 2.05) is 0 Å². The summed E-state index contributed by atoms with van der Waals surface area (Å²) in [5.74, 6) is -0.850. The zero-order chi connectivity index (χ0) is 17.4. The Labute approximate surface area is 144 Å². The van der Waals surface area contributed by atoms with Crippen molar-refractivity contribution in [1.82, 2.24) is 0 Å². The largest absolute Gasteiger partial charge is 0.321 e. The second-order valence-electron chi connectivity index (χ2n) is 5.10. The monoisotopic (exact) mass is 364 g/mol. The first-order chi connectivity index (χ1) is 11.4. The Morgan fingerprint density at radius 3 is 2.71 bits per heavy atom. The highest BCUT2D eigenvalue weighted by atomic mass is 35.5. The number of non-ortho nitro benzene ring substituents is 1. The van der Waals surface area contributed by atoms with Gasteiger partial charge in [-0.15, -0.1) is 11.3 Å². The molecule has 0 unspecified atom stereocenters. The van der Waals surface area contributed by atoms with Crippen molar-refractivity contribution >= 4 is 50.3 Å². The molecule has 0 fully saturated rings. The third-order valence-corrected chi connectivity index (χ3v) is 5.12. The van der Waals surface area contributed by atoms with E-state index in [1.165, 1.54) is 36.4 Å². The number of fused-ring (bicyclic) bond motifs is 1. The summed E-state index contributed by atoms with van der Waals surface area (Å²) in [6.07, 6.45) is 0. The van der Waals surface area contributed by atoms with Gasteiger partial charge in [-0.05, 0) is 36.8 Å². The molecule has 0 aliphatic rings. The number of anilines is 1. The quantitative estimate of drug-likeness (QED) is 0.515. The zero-order valence-corrected chi connectivity index (χ0v) is 13.9. The molecule has 1 amide bonds. The average molecular weight is 365 g/mol. The maximum Gasteiger partial charge on any atom is 0.269 e. The van der Waals surface area contributed by atoms with Crippen LogP contribution in [-0.2, 0) is 0 Å². The Kier molecular flexibility index (Phi) is 4.21. The molecule has 24 heavy (non-hydrogen) atoms. The molecule has 1 N–H and O–H groups in total. The number of hydrogen-bond donors (Lipinski definition) is 1. The molecule has 3 aromatic rings. The third-order valence-electron chi connectivity index (χ3n) is 3.47. The minimum absolute atomic E-state index is 0.0548. The van der Waals surface area contributed by atoms with E-state index in [1.54, 1.807) is 6.92 Å². The van der Waals surface area contributed by atoms with Gasteiger partial charge in [-0.3, -0.25) is 14.9 Å². The molecule has 0 aliphatic carbocycles. The highest BCUT2D eigenvalue weighted by Crippen LogP contribution is 2.36. The van der Waals surface area contributed by atoms with Gasteiger partial charge in [-0.25, -0.2) is 4.39 Å². The maximum absolute atomic E-state index is 13.3. The Hall–Kier alpha value is -2.51. The van der Waals surface area contributed by atoms with E-state index >= 15 is 0 Å². The number of halogens is 2. The summed E-state index contributed by atoms with van der Waals surface area (Å²) < 4.78 is 13.9. The average Bonchev–Trinajstić information content (AvgIpc) is 2.85. The van der Waals surface area contributed by atoms with E-state index in [0.29, 0.717) is 21.3 Å². The van der Waals surface area contributed by atoms with Gasteiger partial charge < -0.3 is 5.32 Å². The topological polar surface area (TPSA) is 72.2 Å². The number of thiophene rings is 1. The fraction of sp³-hybridized carbons (Fsp3) is 0.0625. The highest BCUT2D eigenvalue weighted by molar-refractivity contribution is 7.21. The summed E-state index contributed by atoms with van der Waals surface area (Å²) >= 11 is 7.30. The number of rotatable bonds is 3. The zero-order valence-electron chi connectivity index (χ0n) is 12.3. The fourth-order valence-electron chi connectivity index (χ4n) is 2.27. The Balaban J connectivity index is 1.93. The van der Waals surface area contributed by atoms with Gasteiger partial charge in [0.15, 0.2) is 0 Å². The molecule has 8 heteroatoms. The number of hydrogen-bond acceptors (Lipinski definition) is 4. The Morgan fingerprint density at radius 1 is 1.29 bits per heavy atom. The minimum Gasteiger partial charge on any atom is -0.321 e. The van der Waals surface area contributed by atoms with E-state index in [4.69, 9.17) is 11.6 Å². The maximum atomic E-state index is 13.3. The van der Waals surface area contributed by atoms with Gasteiger partial charge in [-0.1, -0.05) is 11.6 Å². The molecular weight excluding hydrogens is 355 g/mol. The van der Waals surface area contributed by atoms with Crippen molar-refractivity contribution in [3.8, 4) is 0 Å². The standard InChI is InChI=1S/C16H10ClFN2O3S/c1-8-6-10(20(22)23)3-5-12(8)19-16(21)15-14(17)11-4-2-9(18)7-13(11)24-15/h2-7H,1H3,(H,19,21). The van der Waals surface area contributed by atoms with Gasteiger partial charge >= 0.3 is 0 Å². The van der Waals surface area contributed by atoms with Crippen LogP contribution in [-0.4, -0.2) is 10.8 Å². The third kappa shape index (κ3) is 2.95. The SMILES string of the molecule is Cc1cc([N+](=O)[O-])ccc1NC(=O)c1sc2cc(F)ccc2c1Cl. The first-order valence-corrected chi connectivity index (χ1v) is 8.00. The number of carbonyl (C=O) groups is 1. The number of nitrogens with one attached hydrogen (secondary N) is 1. The van der Waals surface area contributed by atoms with Gasteiger partial charge in [0, 0.05) is 27.9 Å². The molecule has 0 saturated carbocycles. The predicted molar refractivity (Wildman–Crippen MR) is 92.6 cm³/mol. The van der Waals surface area contributed by atoms with Crippen molar-refractivity contribution in [2.45, 2.75) is 6.92 Å². The smallest absolute Gasteiger partial charge is 0.269 e. The van der Waals surface area contributed by atoms with Crippen LogP contribution in [0.3, 0.4) is 0 Å². The van der Waals surface area contributed by atoms with Crippen LogP contribution in [0.15, 0.2) is 36.4 Å². The summed E-state index contributed by atoms with van der Waals surface area (Å²) in [4.78, 5) is 23.0. The molecule has 5 nitrogen and oxygen atoms in total. The molecule has 0 atom stereocenters. The summed E-state index contributed by atoms with van der Waals surface area (Å²) in [6, 6.07) is 8.27. The molecule has 0 spiro atoms. The summed E-state index contributed by atoms with van der Waals surface area (Å²) in [7, 11) is 0. The molecule has 0 saturated heterocycles. The van der Waals surface area contributed by atoms with Crippen molar-refractivity contribution < 1.29 is 14.1 Å². The first-order valence-electron chi connectivity index (χ1n) is 6.81. The van der Waals surface area contributed by atoms with Gasteiger partial charge in [0.1, 0.15) is 10.7 Å². The van der Waals surface area contributed by atoms with Crippen molar-refractivity contribution in [2.75, 3.05) is 5.32 Å². The molecule has 122 valence electrons. The molecular formula is C16H10ClFN2O3S. The van der Waals surface area contributed by atoms with E-state index < -0.39 is 16.6 Å². The van der Waals surface area contributed by atoms with Gasteiger partial charge in [0.25, 0.3) is 11.6 Å². The van der Waals surface area contributed by atoms with E-state index in [9.17, 15) is 19.3 Å². The van der Waals surface area contributed by atoms with E-state index in [-0.39, 0.29) is 15.6 Å². The predicted octanol–water partition coefficient (Wildman–Crippen LogP) is 5.16. The van der Waals surface area contributed by atoms with Crippen molar-refractivity contribution in [2.24, 2.45) is 0 Å². The second-order valence-corrected chi connectivity index (χ2v) is 6.53. The number of carbonyl (C=O) groups excluding carboxylic acids is 1. The van der Waals surface area contributed by atoms with Crippen LogP contribution in [0.2, 0.25) is 5.02 Å². The summed E-state index contributed by atoms with van der Waals surface area (Å²) in [5, 5.41) is 14.3. The normalized spacial score (nSPS) is 10.8. The molecule has 1 heterocycles. The van der Waals surface area contributed by atoms with Crippen LogP contribution in [0.1, 0.15) is 15.2 Å². The summed E-state index contributed by atoms with van der Waals surface area (Å²) in [5.41, 5.74) is 0.951. The lowest BCUT2D eigenvalue weighted by molar-refractivity contribution is -0.384. The number of nitro benzene ring substituents is 1. The fourth-order valence-corrected chi connectivity index (χ4v) is 3.70. The van der Waals surface area contributed by atoms with Crippen LogP contribution >= 0.6 is 22.9 Å². The van der Waals surface area contributed by atoms with Crippen LogP contribution in [0.4, 0.5) is 15.8 Å². The summed E-state index contributed by atoms with van der Waals surface area (Å²) in [6.45, 7) is 1.66. The van der Waals surface area contributed by atoms with Crippen LogP contribution < -0.4 is 5.32 Å². The number of amides is 1. The lowest BCUT2D eigenvalue weighted by Gasteiger charge is -2.07. The number of nitro groups is 1. The lowest BCUT2D eigenvalue weighted by Crippen LogP contribution is -2.11.